The fraction of sp³-hybridized carbons (Fsp3) is 0.0500. The molecule has 0 unspecified atom stereocenters. The molecule has 1 N–H and O–H groups in total. The van der Waals surface area contributed by atoms with E-state index in [-0.39, 0.29) is 33.0 Å². The van der Waals surface area contributed by atoms with Crippen molar-refractivity contribution in [3.8, 4) is 5.75 Å². The van der Waals surface area contributed by atoms with Crippen LogP contribution in [0.25, 0.3) is 6.08 Å². The minimum absolute atomic E-state index is 0.0984. The molecule has 3 rings (SSSR count). The third kappa shape index (κ3) is 4.55. The predicted molar refractivity (Wildman–Crippen MR) is 128 cm³/mol. The van der Waals surface area contributed by atoms with E-state index in [4.69, 9.17) is 51.8 Å². The van der Waals surface area contributed by atoms with Gasteiger partial charge in [0.05, 0.1) is 25.2 Å². The lowest BCUT2D eigenvalue weighted by atomic mass is 10.1. The van der Waals surface area contributed by atoms with E-state index < -0.39 is 11.8 Å². The molecule has 2 aromatic rings. The van der Waals surface area contributed by atoms with Crippen molar-refractivity contribution in [3.63, 3.8) is 0 Å². The number of benzene rings is 2. The van der Waals surface area contributed by atoms with Gasteiger partial charge in [-0.2, -0.15) is 0 Å². The van der Waals surface area contributed by atoms with E-state index in [1.165, 1.54) is 6.08 Å². The molecule has 2 aromatic carbocycles. The van der Waals surface area contributed by atoms with Gasteiger partial charge in [0, 0.05) is 0 Å². The quantitative estimate of drug-likeness (QED) is 0.223. The minimum Gasteiger partial charge on any atom is -0.487 e. The number of halogens is 4. The fourth-order valence-corrected chi connectivity index (χ4v) is 4.29. The molecule has 0 atom stereocenters. The normalized spacial score (nSPS) is 15.4. The molecule has 0 radical (unpaired) electrons. The highest BCUT2D eigenvalue weighted by molar-refractivity contribution is 9.10. The number of hydrogen-bond acceptors (Lipinski definition) is 4. The molecule has 0 aliphatic carbocycles. The molecule has 5 nitrogen and oxygen atoms in total. The Bertz CT molecular complexity index is 1100. The van der Waals surface area contributed by atoms with E-state index in [1.54, 1.807) is 36.4 Å². The van der Waals surface area contributed by atoms with Gasteiger partial charge in [0.15, 0.2) is 10.9 Å². The topological polar surface area (TPSA) is 58.6 Å². The minimum atomic E-state index is -0.646. The van der Waals surface area contributed by atoms with Crippen LogP contribution in [0.1, 0.15) is 5.56 Å². The number of thiocarbonyl (C=S) groups is 1. The van der Waals surface area contributed by atoms with Crippen molar-refractivity contribution in [2.75, 3.05) is 11.5 Å². The molecule has 154 valence electrons. The number of ether oxygens (including phenoxy) is 1. The van der Waals surface area contributed by atoms with Crippen molar-refractivity contribution in [2.45, 2.75) is 0 Å². The number of rotatable bonds is 5. The average molecular weight is 547 g/mol. The van der Waals surface area contributed by atoms with Crippen LogP contribution in [0.3, 0.4) is 0 Å². The Balaban J connectivity index is 2.03. The van der Waals surface area contributed by atoms with Crippen molar-refractivity contribution >= 4 is 91.6 Å². The van der Waals surface area contributed by atoms with Crippen LogP contribution < -0.4 is 15.0 Å². The van der Waals surface area contributed by atoms with Gasteiger partial charge in [-0.1, -0.05) is 53.5 Å². The lowest BCUT2D eigenvalue weighted by Gasteiger charge is -2.29. The van der Waals surface area contributed by atoms with Gasteiger partial charge in [-0.05, 0) is 64.1 Å². The maximum atomic E-state index is 13.1. The molecule has 2 amide bonds. The zero-order valence-corrected chi connectivity index (χ0v) is 19.7. The number of nitrogens with zero attached hydrogens (tertiary/aromatic N) is 1. The number of anilines is 1. The van der Waals surface area contributed by atoms with Gasteiger partial charge in [0.25, 0.3) is 11.8 Å². The zero-order valence-electron chi connectivity index (χ0n) is 15.0. The van der Waals surface area contributed by atoms with Gasteiger partial charge in [0.2, 0.25) is 0 Å². The predicted octanol–water partition coefficient (Wildman–Crippen LogP) is 5.81. The zero-order chi connectivity index (χ0) is 22.0. The maximum absolute atomic E-state index is 13.1. The molecule has 0 bridgehead atoms. The standard InChI is InChI=1S/C20H12BrCl3N2O3S/c1-2-6-29-17-12(21)8-10(9-14(17)23)7-11-18(27)25-20(30)26(19(11)28)15-5-3-4-13(22)16(15)24/h2-5,7-9H,1,6H2,(H,25,27,30)/b11-7+. The lowest BCUT2D eigenvalue weighted by Crippen LogP contribution is -2.54. The molecule has 0 saturated carbocycles. The smallest absolute Gasteiger partial charge is 0.270 e. The average Bonchev–Trinajstić information content (AvgIpc) is 2.67. The Morgan fingerprint density at radius 3 is 2.60 bits per heavy atom. The summed E-state index contributed by atoms with van der Waals surface area (Å²) in [5.41, 5.74) is 0.612. The molecular formula is C20H12BrCl3N2O3S. The number of carbonyl (C=O) groups is 2. The molecule has 1 heterocycles. The van der Waals surface area contributed by atoms with Gasteiger partial charge in [-0.3, -0.25) is 19.8 Å². The molecule has 30 heavy (non-hydrogen) atoms. The van der Waals surface area contributed by atoms with Crippen LogP contribution in [-0.2, 0) is 9.59 Å². The third-order valence-electron chi connectivity index (χ3n) is 3.95. The molecule has 10 heteroatoms. The first-order valence-corrected chi connectivity index (χ1v) is 10.7. The highest BCUT2D eigenvalue weighted by Gasteiger charge is 2.35. The van der Waals surface area contributed by atoms with Crippen LogP contribution in [0, 0.1) is 0 Å². The Hall–Kier alpha value is -1.90. The van der Waals surface area contributed by atoms with Gasteiger partial charge in [-0.15, -0.1) is 0 Å². The fourth-order valence-electron chi connectivity index (χ4n) is 2.65. The van der Waals surface area contributed by atoms with Crippen molar-refractivity contribution < 1.29 is 14.3 Å². The summed E-state index contributed by atoms with van der Waals surface area (Å²) in [6.07, 6.45) is 2.99. The summed E-state index contributed by atoms with van der Waals surface area (Å²) in [6, 6.07) is 8.02. The molecule has 1 fully saturated rings. The SMILES string of the molecule is C=CCOc1c(Cl)cc(/C=C2\C(=O)NC(=S)N(c3cccc(Cl)c3Cl)C2=O)cc1Br. The molecule has 1 aliphatic heterocycles. The lowest BCUT2D eigenvalue weighted by molar-refractivity contribution is -0.122. The largest absolute Gasteiger partial charge is 0.487 e. The molecular weight excluding hydrogens is 535 g/mol. The van der Waals surface area contributed by atoms with Gasteiger partial charge in [0.1, 0.15) is 12.2 Å². The Morgan fingerprint density at radius 1 is 1.20 bits per heavy atom. The van der Waals surface area contributed by atoms with Crippen molar-refractivity contribution in [1.29, 1.82) is 0 Å². The third-order valence-corrected chi connectivity index (χ3v) is 5.91. The maximum Gasteiger partial charge on any atom is 0.270 e. The Labute approximate surface area is 201 Å². The van der Waals surface area contributed by atoms with Crippen molar-refractivity contribution in [3.05, 3.63) is 73.7 Å². The first kappa shape index (κ1) is 22.8. The summed E-state index contributed by atoms with van der Waals surface area (Å²) in [5, 5.41) is 3.08. The number of amides is 2. The van der Waals surface area contributed by atoms with Crippen molar-refractivity contribution in [2.24, 2.45) is 0 Å². The van der Waals surface area contributed by atoms with Crippen LogP contribution in [0.15, 0.2) is 53.0 Å². The van der Waals surface area contributed by atoms with E-state index in [2.05, 4.69) is 27.8 Å². The van der Waals surface area contributed by atoms with Crippen LogP contribution in [0.5, 0.6) is 5.75 Å². The summed E-state index contributed by atoms with van der Waals surface area (Å²) >= 11 is 27.1. The number of carbonyl (C=O) groups excluding carboxylic acids is 2. The van der Waals surface area contributed by atoms with Gasteiger partial charge in [-0.25, -0.2) is 0 Å². The summed E-state index contributed by atoms with van der Waals surface area (Å²) in [4.78, 5) is 26.7. The summed E-state index contributed by atoms with van der Waals surface area (Å²) in [5.74, 6) is -0.863. The highest BCUT2D eigenvalue weighted by atomic mass is 79.9. The highest BCUT2D eigenvalue weighted by Crippen LogP contribution is 2.37. The summed E-state index contributed by atoms with van der Waals surface area (Å²) in [7, 11) is 0. The van der Waals surface area contributed by atoms with E-state index in [9.17, 15) is 9.59 Å². The van der Waals surface area contributed by atoms with E-state index in [0.29, 0.717) is 20.8 Å². The number of nitrogens with one attached hydrogen (secondary N) is 1. The van der Waals surface area contributed by atoms with Gasteiger partial charge >= 0.3 is 0 Å². The first-order valence-electron chi connectivity index (χ1n) is 8.32. The molecule has 1 saturated heterocycles. The second-order valence-corrected chi connectivity index (χ2v) is 8.38. The summed E-state index contributed by atoms with van der Waals surface area (Å²) in [6.45, 7) is 3.86. The van der Waals surface area contributed by atoms with Crippen LogP contribution in [-0.4, -0.2) is 23.5 Å². The van der Waals surface area contributed by atoms with E-state index in [0.717, 1.165) is 4.90 Å². The molecule has 0 spiro atoms. The number of hydrogen-bond donors (Lipinski definition) is 1. The monoisotopic (exact) mass is 544 g/mol. The molecule has 1 aliphatic rings. The second-order valence-electron chi connectivity index (χ2n) is 5.94. The van der Waals surface area contributed by atoms with E-state index >= 15 is 0 Å². The van der Waals surface area contributed by atoms with Crippen LogP contribution in [0.2, 0.25) is 15.1 Å². The van der Waals surface area contributed by atoms with Crippen molar-refractivity contribution in [1.82, 2.24) is 5.32 Å². The summed E-state index contributed by atoms with van der Waals surface area (Å²) < 4.78 is 6.05. The first-order chi connectivity index (χ1) is 14.2. The second kappa shape index (κ2) is 9.49. The molecule has 0 aromatic heterocycles. The Morgan fingerprint density at radius 2 is 1.93 bits per heavy atom. The Kier molecular flexibility index (Phi) is 7.21. The van der Waals surface area contributed by atoms with E-state index in [1.807, 2.05) is 0 Å². The van der Waals surface area contributed by atoms with Crippen LogP contribution in [0.4, 0.5) is 5.69 Å². The van der Waals surface area contributed by atoms with Crippen LogP contribution >= 0.6 is 63.0 Å². The van der Waals surface area contributed by atoms with Gasteiger partial charge < -0.3 is 4.74 Å².